The number of benzene rings is 1. The molecule has 4 rings (SSSR count). The molecule has 2 aliphatic rings. The first-order chi connectivity index (χ1) is 13.1. The van der Waals surface area contributed by atoms with Crippen molar-refractivity contribution in [3.8, 4) is 0 Å². The molecule has 3 atom stereocenters. The van der Waals surface area contributed by atoms with Crippen molar-refractivity contribution in [1.29, 1.82) is 0 Å². The van der Waals surface area contributed by atoms with E-state index in [4.69, 9.17) is 0 Å². The number of amides is 1. The van der Waals surface area contributed by atoms with Gasteiger partial charge in [-0.1, -0.05) is 18.6 Å². The highest BCUT2D eigenvalue weighted by atomic mass is 16.2. The van der Waals surface area contributed by atoms with Crippen LogP contribution in [0.2, 0.25) is 0 Å². The molecule has 1 aromatic carbocycles. The Hall–Kier alpha value is -2.21. The summed E-state index contributed by atoms with van der Waals surface area (Å²) >= 11 is 0. The Morgan fingerprint density at radius 3 is 2.93 bits per heavy atom. The molecule has 6 heteroatoms. The maximum absolute atomic E-state index is 12.7. The number of para-hydroxylation sites is 1. The van der Waals surface area contributed by atoms with E-state index in [1.807, 2.05) is 18.2 Å². The van der Waals surface area contributed by atoms with Crippen LogP contribution >= 0.6 is 0 Å². The number of piperidine rings is 2. The SMILES string of the molecule is CC(C(=O)NCC1CCCN2CCCCC12)n1cnc2ccccc2c1=O. The van der Waals surface area contributed by atoms with Crippen LogP contribution in [0.1, 0.15) is 45.1 Å². The average Bonchev–Trinajstić information content (AvgIpc) is 2.72. The molecular formula is C21H28N4O2. The molecule has 27 heavy (non-hydrogen) atoms. The predicted octanol–water partition coefficient (Wildman–Crippen LogP) is 2.34. The summed E-state index contributed by atoms with van der Waals surface area (Å²) in [7, 11) is 0. The Morgan fingerprint density at radius 2 is 2.04 bits per heavy atom. The maximum Gasteiger partial charge on any atom is 0.261 e. The van der Waals surface area contributed by atoms with Crippen molar-refractivity contribution in [2.75, 3.05) is 19.6 Å². The molecule has 0 spiro atoms. The van der Waals surface area contributed by atoms with Crippen LogP contribution in [0.15, 0.2) is 35.4 Å². The van der Waals surface area contributed by atoms with Gasteiger partial charge in [-0.3, -0.25) is 14.2 Å². The van der Waals surface area contributed by atoms with Gasteiger partial charge in [-0.2, -0.15) is 0 Å². The molecule has 3 heterocycles. The van der Waals surface area contributed by atoms with Gasteiger partial charge in [0, 0.05) is 12.6 Å². The number of nitrogens with zero attached hydrogens (tertiary/aromatic N) is 3. The zero-order valence-corrected chi connectivity index (χ0v) is 15.9. The van der Waals surface area contributed by atoms with Crippen molar-refractivity contribution in [2.24, 2.45) is 5.92 Å². The lowest BCUT2D eigenvalue weighted by molar-refractivity contribution is -0.124. The van der Waals surface area contributed by atoms with Gasteiger partial charge in [-0.25, -0.2) is 4.98 Å². The molecule has 2 aliphatic heterocycles. The van der Waals surface area contributed by atoms with Crippen LogP contribution in [-0.2, 0) is 4.79 Å². The number of carbonyl (C=O) groups is 1. The maximum atomic E-state index is 12.7. The highest BCUT2D eigenvalue weighted by Gasteiger charge is 2.33. The minimum atomic E-state index is -0.569. The minimum Gasteiger partial charge on any atom is -0.354 e. The fourth-order valence-electron chi connectivity index (χ4n) is 4.68. The summed E-state index contributed by atoms with van der Waals surface area (Å²) in [6.07, 6.45) is 7.70. The summed E-state index contributed by atoms with van der Waals surface area (Å²) in [5, 5.41) is 3.65. The number of carbonyl (C=O) groups excluding carboxylic acids is 1. The van der Waals surface area contributed by atoms with E-state index in [9.17, 15) is 9.59 Å². The van der Waals surface area contributed by atoms with Crippen LogP contribution in [0, 0.1) is 5.92 Å². The Labute approximate surface area is 159 Å². The third-order valence-electron chi connectivity index (χ3n) is 6.25. The molecule has 2 saturated heterocycles. The number of rotatable bonds is 4. The molecule has 0 radical (unpaired) electrons. The van der Waals surface area contributed by atoms with Crippen molar-refractivity contribution >= 4 is 16.8 Å². The Morgan fingerprint density at radius 1 is 1.22 bits per heavy atom. The highest BCUT2D eigenvalue weighted by Crippen LogP contribution is 2.30. The van der Waals surface area contributed by atoms with Gasteiger partial charge < -0.3 is 10.2 Å². The summed E-state index contributed by atoms with van der Waals surface area (Å²) in [6.45, 7) is 4.86. The molecule has 6 nitrogen and oxygen atoms in total. The zero-order valence-electron chi connectivity index (χ0n) is 15.9. The molecule has 0 bridgehead atoms. The van der Waals surface area contributed by atoms with Gasteiger partial charge in [0.2, 0.25) is 5.91 Å². The van der Waals surface area contributed by atoms with Gasteiger partial charge in [-0.15, -0.1) is 0 Å². The van der Waals surface area contributed by atoms with E-state index in [2.05, 4.69) is 15.2 Å². The molecule has 1 aromatic heterocycles. The fourth-order valence-corrected chi connectivity index (χ4v) is 4.68. The third kappa shape index (κ3) is 3.63. The van der Waals surface area contributed by atoms with E-state index in [-0.39, 0.29) is 11.5 Å². The molecule has 144 valence electrons. The van der Waals surface area contributed by atoms with Gasteiger partial charge in [0.15, 0.2) is 0 Å². The molecule has 0 aliphatic carbocycles. The Bertz CT molecular complexity index is 876. The van der Waals surface area contributed by atoms with Crippen LogP contribution in [0.3, 0.4) is 0 Å². The van der Waals surface area contributed by atoms with Crippen molar-refractivity contribution in [2.45, 2.75) is 51.1 Å². The number of hydrogen-bond acceptors (Lipinski definition) is 4. The first-order valence-electron chi connectivity index (χ1n) is 10.1. The number of fused-ring (bicyclic) bond motifs is 2. The number of hydrogen-bond donors (Lipinski definition) is 1. The Kier molecular flexibility index (Phi) is 5.25. The fraction of sp³-hybridized carbons (Fsp3) is 0.571. The minimum absolute atomic E-state index is 0.109. The predicted molar refractivity (Wildman–Crippen MR) is 106 cm³/mol. The topological polar surface area (TPSA) is 67.2 Å². The molecule has 3 unspecified atom stereocenters. The van der Waals surface area contributed by atoms with E-state index in [1.54, 1.807) is 13.0 Å². The second-order valence-electron chi connectivity index (χ2n) is 7.90. The first kappa shape index (κ1) is 18.2. The average molecular weight is 368 g/mol. The lowest BCUT2D eigenvalue weighted by atomic mass is 9.83. The number of nitrogens with one attached hydrogen (secondary N) is 1. The second-order valence-corrected chi connectivity index (χ2v) is 7.90. The van der Waals surface area contributed by atoms with Crippen LogP contribution in [-0.4, -0.2) is 46.0 Å². The summed E-state index contributed by atoms with van der Waals surface area (Å²) in [5.74, 6) is 0.406. The van der Waals surface area contributed by atoms with Crippen molar-refractivity contribution < 1.29 is 4.79 Å². The Balaban J connectivity index is 1.44. The molecule has 2 fully saturated rings. The molecule has 1 N–H and O–H groups in total. The van der Waals surface area contributed by atoms with E-state index in [0.717, 1.165) is 0 Å². The van der Waals surface area contributed by atoms with E-state index in [1.165, 1.54) is 56.1 Å². The van der Waals surface area contributed by atoms with E-state index in [0.29, 0.717) is 29.4 Å². The smallest absolute Gasteiger partial charge is 0.261 e. The largest absolute Gasteiger partial charge is 0.354 e. The summed E-state index contributed by atoms with van der Waals surface area (Å²) in [6, 6.07) is 7.28. The summed E-state index contributed by atoms with van der Waals surface area (Å²) in [5.41, 5.74) is 0.491. The van der Waals surface area contributed by atoms with Crippen molar-refractivity contribution in [3.05, 3.63) is 40.9 Å². The van der Waals surface area contributed by atoms with Gasteiger partial charge >= 0.3 is 0 Å². The van der Waals surface area contributed by atoms with Crippen LogP contribution in [0.25, 0.3) is 10.9 Å². The van der Waals surface area contributed by atoms with E-state index < -0.39 is 6.04 Å². The van der Waals surface area contributed by atoms with Gasteiger partial charge in [-0.05, 0) is 63.7 Å². The van der Waals surface area contributed by atoms with Gasteiger partial charge in [0.1, 0.15) is 6.04 Å². The highest BCUT2D eigenvalue weighted by molar-refractivity contribution is 5.81. The van der Waals surface area contributed by atoms with Gasteiger partial charge in [0.05, 0.1) is 17.2 Å². The first-order valence-corrected chi connectivity index (χ1v) is 10.1. The molecule has 1 amide bonds. The summed E-state index contributed by atoms with van der Waals surface area (Å²) < 4.78 is 1.44. The van der Waals surface area contributed by atoms with Crippen LogP contribution in [0.5, 0.6) is 0 Å². The van der Waals surface area contributed by atoms with Crippen molar-refractivity contribution in [1.82, 2.24) is 19.8 Å². The molecular weight excluding hydrogens is 340 g/mol. The molecule has 0 saturated carbocycles. The summed E-state index contributed by atoms with van der Waals surface area (Å²) in [4.78, 5) is 32.4. The van der Waals surface area contributed by atoms with E-state index >= 15 is 0 Å². The van der Waals surface area contributed by atoms with Crippen molar-refractivity contribution in [3.63, 3.8) is 0 Å². The lowest BCUT2D eigenvalue weighted by Gasteiger charge is -2.44. The van der Waals surface area contributed by atoms with Crippen LogP contribution < -0.4 is 10.9 Å². The monoisotopic (exact) mass is 368 g/mol. The third-order valence-corrected chi connectivity index (χ3v) is 6.25. The second kappa shape index (κ2) is 7.80. The standard InChI is InChI=1S/C21H28N4O2/c1-15(25-14-23-18-9-3-2-8-17(18)21(25)27)20(26)22-13-16-7-6-12-24-11-5-4-10-19(16)24/h2-3,8-9,14-16,19H,4-7,10-13H2,1H3,(H,22,26). The zero-order chi connectivity index (χ0) is 18.8. The normalized spacial score (nSPS) is 24.3. The number of aromatic nitrogens is 2. The quantitative estimate of drug-likeness (QED) is 0.899. The van der Waals surface area contributed by atoms with Gasteiger partial charge in [0.25, 0.3) is 5.56 Å². The van der Waals surface area contributed by atoms with Crippen LogP contribution in [0.4, 0.5) is 0 Å². The molecule has 2 aromatic rings. The lowest BCUT2D eigenvalue weighted by Crippen LogP contribution is -2.51.